The summed E-state index contributed by atoms with van der Waals surface area (Å²) in [7, 11) is 0. The molecule has 0 N–H and O–H groups in total. The van der Waals surface area contributed by atoms with Gasteiger partial charge in [0, 0.05) is 5.46 Å². The van der Waals surface area contributed by atoms with E-state index in [0.29, 0.717) is 0 Å². The van der Waals surface area contributed by atoms with Crippen molar-refractivity contribution in [3.8, 4) is 23.0 Å². The maximum Gasteiger partial charge on any atom is 0.260 e. The summed E-state index contributed by atoms with van der Waals surface area (Å²) in [5.41, 5.74) is 6.04. The van der Waals surface area contributed by atoms with Crippen molar-refractivity contribution in [1.29, 1.82) is 0 Å². The first-order chi connectivity index (χ1) is 11.2. The fraction of sp³-hybridized carbons (Fsp3) is 0.100. The van der Waals surface area contributed by atoms with Crippen LogP contribution in [0.5, 0.6) is 23.0 Å². The Bertz CT molecular complexity index is 962. The summed E-state index contributed by atoms with van der Waals surface area (Å²) in [5.74, 6) is 3.74. The molecular formula is C20H15BO2. The molecule has 2 heterocycles. The largest absolute Gasteiger partial charge is 0.458 e. The van der Waals surface area contributed by atoms with Crippen LogP contribution in [0.25, 0.3) is 0 Å². The van der Waals surface area contributed by atoms with Gasteiger partial charge in [-0.2, -0.15) is 0 Å². The summed E-state index contributed by atoms with van der Waals surface area (Å²) < 4.78 is 12.4. The van der Waals surface area contributed by atoms with Gasteiger partial charge in [0.1, 0.15) is 23.0 Å². The van der Waals surface area contributed by atoms with Gasteiger partial charge in [-0.25, -0.2) is 0 Å². The lowest BCUT2D eigenvalue weighted by Crippen LogP contribution is -2.57. The van der Waals surface area contributed by atoms with Crippen molar-refractivity contribution in [2.75, 3.05) is 0 Å². The Labute approximate surface area is 135 Å². The van der Waals surface area contributed by atoms with Gasteiger partial charge in [-0.15, -0.1) is 0 Å². The molecule has 110 valence electrons. The van der Waals surface area contributed by atoms with E-state index in [2.05, 4.69) is 38.1 Å². The lowest BCUT2D eigenvalue weighted by Gasteiger charge is -2.33. The zero-order valence-corrected chi connectivity index (χ0v) is 13.1. The number of aryl methyl sites for hydroxylation is 1. The third-order valence-electron chi connectivity index (χ3n) is 4.99. The third kappa shape index (κ3) is 1.65. The van der Waals surface area contributed by atoms with Crippen LogP contribution in [-0.2, 0) is 0 Å². The van der Waals surface area contributed by atoms with Crippen LogP contribution in [0.2, 0.25) is 0 Å². The van der Waals surface area contributed by atoms with E-state index in [9.17, 15) is 0 Å². The van der Waals surface area contributed by atoms with E-state index in [1.54, 1.807) is 0 Å². The number of benzene rings is 3. The second kappa shape index (κ2) is 4.42. The number of para-hydroxylation sites is 1. The molecule has 0 radical (unpaired) electrons. The Morgan fingerprint density at radius 3 is 2.30 bits per heavy atom. The molecule has 2 aliphatic rings. The van der Waals surface area contributed by atoms with E-state index < -0.39 is 0 Å². The second-order valence-corrected chi connectivity index (χ2v) is 6.27. The van der Waals surface area contributed by atoms with Gasteiger partial charge in [0.05, 0.1) is 0 Å². The fourth-order valence-electron chi connectivity index (χ4n) is 3.68. The molecule has 2 nitrogen and oxygen atoms in total. The van der Waals surface area contributed by atoms with Crippen LogP contribution < -0.4 is 25.9 Å². The van der Waals surface area contributed by atoms with Crippen molar-refractivity contribution in [2.45, 2.75) is 13.8 Å². The Kier molecular flexibility index (Phi) is 2.46. The van der Waals surface area contributed by atoms with Gasteiger partial charge in [0.2, 0.25) is 0 Å². The van der Waals surface area contributed by atoms with Crippen molar-refractivity contribution in [3.63, 3.8) is 0 Å². The number of hydrogen-bond donors (Lipinski definition) is 0. The molecule has 0 atom stereocenters. The number of fused-ring (bicyclic) bond motifs is 4. The molecule has 3 heteroatoms. The standard InChI is InChI=1S/C20H15BO2/c1-12-10-11-15-20(13(12)2)23-18-9-5-8-17-19(18)21(15)14-6-3-4-7-16(14)22-17/h3-11H,1-2H3. The van der Waals surface area contributed by atoms with Gasteiger partial charge in [0.15, 0.2) is 0 Å². The summed E-state index contributed by atoms with van der Waals surface area (Å²) in [6.45, 7) is 4.44. The minimum atomic E-state index is 0.175. The maximum atomic E-state index is 6.27. The van der Waals surface area contributed by atoms with E-state index >= 15 is 0 Å². The van der Waals surface area contributed by atoms with E-state index in [1.807, 2.05) is 30.3 Å². The fourth-order valence-corrected chi connectivity index (χ4v) is 3.68. The first-order valence-corrected chi connectivity index (χ1v) is 7.91. The SMILES string of the molecule is Cc1ccc2c(c1C)Oc1cccc3c1B2c1ccccc1O3. The lowest BCUT2D eigenvalue weighted by molar-refractivity contribution is 0.462. The van der Waals surface area contributed by atoms with Crippen LogP contribution in [0.15, 0.2) is 54.6 Å². The molecule has 0 amide bonds. The molecule has 5 rings (SSSR count). The van der Waals surface area contributed by atoms with Gasteiger partial charge in [-0.05, 0) is 54.1 Å². The van der Waals surface area contributed by atoms with Crippen LogP contribution in [0.1, 0.15) is 11.1 Å². The molecular weight excluding hydrogens is 283 g/mol. The van der Waals surface area contributed by atoms with Crippen LogP contribution in [0, 0.1) is 13.8 Å². The monoisotopic (exact) mass is 298 g/mol. The Morgan fingerprint density at radius 2 is 1.43 bits per heavy atom. The highest BCUT2D eigenvalue weighted by Gasteiger charge is 2.40. The summed E-state index contributed by atoms with van der Waals surface area (Å²) in [6.07, 6.45) is 0. The zero-order valence-electron chi connectivity index (χ0n) is 13.1. The second-order valence-electron chi connectivity index (χ2n) is 6.27. The van der Waals surface area contributed by atoms with Crippen molar-refractivity contribution in [1.82, 2.24) is 0 Å². The highest BCUT2D eigenvalue weighted by Crippen LogP contribution is 2.35. The van der Waals surface area contributed by atoms with E-state index in [4.69, 9.17) is 9.47 Å². The zero-order chi connectivity index (χ0) is 15.6. The molecule has 23 heavy (non-hydrogen) atoms. The van der Waals surface area contributed by atoms with Crippen molar-refractivity contribution in [2.24, 2.45) is 0 Å². The van der Waals surface area contributed by atoms with Gasteiger partial charge < -0.3 is 9.47 Å². The first kappa shape index (κ1) is 12.8. The Morgan fingerprint density at radius 1 is 0.696 bits per heavy atom. The number of ether oxygens (including phenoxy) is 2. The van der Waals surface area contributed by atoms with Crippen LogP contribution in [-0.4, -0.2) is 6.71 Å². The van der Waals surface area contributed by atoms with Crippen molar-refractivity contribution < 1.29 is 9.47 Å². The quantitative estimate of drug-likeness (QED) is 0.409. The normalized spacial score (nSPS) is 13.4. The molecule has 0 fully saturated rings. The Balaban J connectivity index is 1.87. The van der Waals surface area contributed by atoms with Gasteiger partial charge >= 0.3 is 0 Å². The number of rotatable bonds is 0. The highest BCUT2D eigenvalue weighted by molar-refractivity contribution is 6.98. The summed E-state index contributed by atoms with van der Waals surface area (Å²) in [4.78, 5) is 0. The average Bonchev–Trinajstić information content (AvgIpc) is 2.58. The van der Waals surface area contributed by atoms with Crippen molar-refractivity contribution >= 4 is 23.1 Å². The smallest absolute Gasteiger partial charge is 0.260 e. The van der Waals surface area contributed by atoms with Gasteiger partial charge in [0.25, 0.3) is 6.71 Å². The third-order valence-corrected chi connectivity index (χ3v) is 4.99. The van der Waals surface area contributed by atoms with E-state index in [-0.39, 0.29) is 6.71 Å². The number of hydrogen-bond acceptors (Lipinski definition) is 2. The first-order valence-electron chi connectivity index (χ1n) is 7.91. The van der Waals surface area contributed by atoms with E-state index in [1.165, 1.54) is 22.1 Å². The van der Waals surface area contributed by atoms with Gasteiger partial charge in [-0.1, -0.05) is 36.4 Å². The topological polar surface area (TPSA) is 18.5 Å². The summed E-state index contributed by atoms with van der Waals surface area (Å²) in [6, 6.07) is 18.7. The summed E-state index contributed by atoms with van der Waals surface area (Å²) >= 11 is 0. The molecule has 0 aliphatic carbocycles. The molecule has 2 aliphatic heterocycles. The molecule has 0 spiro atoms. The lowest BCUT2D eigenvalue weighted by atomic mass is 9.34. The molecule has 3 aromatic rings. The summed E-state index contributed by atoms with van der Waals surface area (Å²) in [5, 5.41) is 0. The van der Waals surface area contributed by atoms with Crippen molar-refractivity contribution in [3.05, 3.63) is 65.7 Å². The molecule has 0 bridgehead atoms. The predicted octanol–water partition coefficient (Wildman–Crippen LogP) is 3.03. The molecule has 0 saturated carbocycles. The molecule has 3 aromatic carbocycles. The van der Waals surface area contributed by atoms with Crippen LogP contribution >= 0.6 is 0 Å². The van der Waals surface area contributed by atoms with Gasteiger partial charge in [-0.3, -0.25) is 0 Å². The average molecular weight is 298 g/mol. The molecule has 0 unspecified atom stereocenters. The minimum Gasteiger partial charge on any atom is -0.458 e. The molecule has 0 saturated heterocycles. The van der Waals surface area contributed by atoms with Crippen LogP contribution in [0.4, 0.5) is 0 Å². The molecule has 0 aromatic heterocycles. The van der Waals surface area contributed by atoms with E-state index in [0.717, 1.165) is 28.5 Å². The predicted molar refractivity (Wildman–Crippen MR) is 93.6 cm³/mol. The Hall–Kier alpha value is -2.68. The van der Waals surface area contributed by atoms with Crippen LogP contribution in [0.3, 0.4) is 0 Å². The minimum absolute atomic E-state index is 0.175. The highest BCUT2D eigenvalue weighted by atomic mass is 16.5. The maximum absolute atomic E-state index is 6.27.